The van der Waals surface area contributed by atoms with E-state index in [0.29, 0.717) is 16.9 Å². The molecule has 1 heterocycles. The number of fused-ring (bicyclic) bond motifs is 1. The van der Waals surface area contributed by atoms with Gasteiger partial charge in [-0.2, -0.15) is 0 Å². The maximum absolute atomic E-state index is 14.3. The van der Waals surface area contributed by atoms with Crippen LogP contribution < -0.4 is 4.74 Å². The smallest absolute Gasteiger partial charge is 0.214 e. The molecule has 0 unspecified atom stereocenters. The molecular weight excluding hydrogens is 255 g/mol. The quantitative estimate of drug-likeness (QED) is 0.625. The van der Waals surface area contributed by atoms with Crippen LogP contribution in [0.15, 0.2) is 29.8 Å². The molecule has 2 aromatic rings. The Morgan fingerprint density at radius 3 is 2.75 bits per heavy atom. The van der Waals surface area contributed by atoms with Gasteiger partial charge >= 0.3 is 0 Å². The summed E-state index contributed by atoms with van der Waals surface area (Å²) in [6.45, 7) is 7.70. The third-order valence-electron chi connectivity index (χ3n) is 2.99. The number of H-pyrrole nitrogens is 1. The highest BCUT2D eigenvalue weighted by Gasteiger charge is 2.13. The first kappa shape index (κ1) is 14.3. The number of hydrogen-bond acceptors (Lipinski definition) is 2. The first-order valence-electron chi connectivity index (χ1n) is 6.61. The van der Waals surface area contributed by atoms with Gasteiger partial charge in [0.2, 0.25) is 5.90 Å². The zero-order valence-electron chi connectivity index (χ0n) is 12.2. The van der Waals surface area contributed by atoms with Gasteiger partial charge < -0.3 is 9.72 Å². The molecule has 0 aliphatic carbocycles. The van der Waals surface area contributed by atoms with Gasteiger partial charge in [-0.15, -0.1) is 0 Å². The lowest BCUT2D eigenvalue weighted by molar-refractivity contribution is 0.493. The average Bonchev–Trinajstić information content (AvgIpc) is 2.73. The molecular formula is C16H19FN2O. The Labute approximate surface area is 118 Å². The zero-order valence-corrected chi connectivity index (χ0v) is 12.2. The lowest BCUT2D eigenvalue weighted by atomic mass is 10.1. The van der Waals surface area contributed by atoms with E-state index in [4.69, 9.17) is 10.1 Å². The Kier molecular flexibility index (Phi) is 3.93. The second-order valence-corrected chi connectivity index (χ2v) is 5.32. The topological polar surface area (TPSA) is 48.9 Å². The van der Waals surface area contributed by atoms with Crippen LogP contribution in [0.1, 0.15) is 26.5 Å². The summed E-state index contributed by atoms with van der Waals surface area (Å²) in [7, 11) is 0. The number of ether oxygens (including phenoxy) is 1. The van der Waals surface area contributed by atoms with Crippen LogP contribution in [0.4, 0.5) is 4.39 Å². The Balaban J connectivity index is 2.30. The van der Waals surface area contributed by atoms with Gasteiger partial charge in [-0.1, -0.05) is 19.9 Å². The Morgan fingerprint density at radius 2 is 2.10 bits per heavy atom. The van der Waals surface area contributed by atoms with E-state index >= 15 is 0 Å². The van der Waals surface area contributed by atoms with E-state index < -0.39 is 5.82 Å². The van der Waals surface area contributed by atoms with E-state index in [1.54, 1.807) is 25.1 Å². The molecule has 1 aromatic carbocycles. The van der Waals surface area contributed by atoms with E-state index in [-0.39, 0.29) is 11.6 Å². The molecule has 1 aromatic heterocycles. The number of aromatic nitrogens is 1. The Hall–Kier alpha value is -2.10. The predicted molar refractivity (Wildman–Crippen MR) is 79.9 cm³/mol. The van der Waals surface area contributed by atoms with Crippen LogP contribution in [0.25, 0.3) is 10.9 Å². The van der Waals surface area contributed by atoms with Crippen molar-refractivity contribution in [2.45, 2.75) is 27.7 Å². The Morgan fingerprint density at radius 1 is 1.40 bits per heavy atom. The lowest BCUT2D eigenvalue weighted by Gasteiger charge is -2.09. The van der Waals surface area contributed by atoms with Crippen molar-refractivity contribution < 1.29 is 9.13 Å². The van der Waals surface area contributed by atoms with E-state index in [9.17, 15) is 4.39 Å². The fraction of sp³-hybridized carbons (Fsp3) is 0.312. The highest BCUT2D eigenvalue weighted by atomic mass is 19.1. The van der Waals surface area contributed by atoms with Gasteiger partial charge in [-0.05, 0) is 38.0 Å². The molecule has 2 rings (SSSR count). The van der Waals surface area contributed by atoms with Gasteiger partial charge in [0, 0.05) is 22.2 Å². The van der Waals surface area contributed by atoms with E-state index in [1.807, 2.05) is 26.8 Å². The number of hydrogen-bond donors (Lipinski definition) is 2. The number of rotatable bonds is 3. The number of halogens is 1. The summed E-state index contributed by atoms with van der Waals surface area (Å²) in [5.41, 5.74) is 2.32. The summed E-state index contributed by atoms with van der Waals surface area (Å²) in [5, 5.41) is 8.35. The van der Waals surface area contributed by atoms with Crippen molar-refractivity contribution in [1.29, 1.82) is 5.41 Å². The summed E-state index contributed by atoms with van der Waals surface area (Å²) < 4.78 is 19.7. The van der Waals surface area contributed by atoms with Gasteiger partial charge in [-0.25, -0.2) is 4.39 Å². The average molecular weight is 274 g/mol. The molecule has 4 heteroatoms. The van der Waals surface area contributed by atoms with E-state index in [2.05, 4.69) is 4.98 Å². The van der Waals surface area contributed by atoms with E-state index in [1.165, 1.54) is 0 Å². The molecule has 0 saturated heterocycles. The third kappa shape index (κ3) is 2.90. The van der Waals surface area contributed by atoms with Crippen LogP contribution in [0, 0.1) is 24.1 Å². The van der Waals surface area contributed by atoms with E-state index in [0.717, 1.165) is 11.2 Å². The van der Waals surface area contributed by atoms with Crippen LogP contribution in [0.3, 0.4) is 0 Å². The minimum atomic E-state index is -0.436. The highest BCUT2D eigenvalue weighted by Crippen LogP contribution is 2.27. The van der Waals surface area contributed by atoms with Gasteiger partial charge in [0.15, 0.2) is 11.6 Å². The lowest BCUT2D eigenvalue weighted by Crippen LogP contribution is -2.10. The standard InChI is InChI=1S/C16H19FN2O/c1-9(2)7-10(3)16(18)20-14-6-5-13-12(15(14)17)8-11(4)19-13/h5-9,18-19H,1-4H3. The van der Waals surface area contributed by atoms with Crippen LogP contribution in [0.5, 0.6) is 5.75 Å². The van der Waals surface area contributed by atoms with Crippen LogP contribution in [-0.4, -0.2) is 10.9 Å². The van der Waals surface area contributed by atoms with Gasteiger partial charge in [0.1, 0.15) is 0 Å². The fourth-order valence-corrected chi connectivity index (χ4v) is 2.13. The summed E-state index contributed by atoms with van der Waals surface area (Å²) in [4.78, 5) is 3.07. The van der Waals surface area contributed by atoms with Crippen molar-refractivity contribution in [3.63, 3.8) is 0 Å². The van der Waals surface area contributed by atoms with Gasteiger partial charge in [0.05, 0.1) is 0 Å². The van der Waals surface area contributed by atoms with Gasteiger partial charge in [0.25, 0.3) is 0 Å². The Bertz CT molecular complexity index is 683. The van der Waals surface area contributed by atoms with Crippen molar-refractivity contribution in [3.8, 4) is 5.75 Å². The van der Waals surface area contributed by atoms with Crippen molar-refractivity contribution >= 4 is 16.8 Å². The number of nitrogens with one attached hydrogen (secondary N) is 2. The number of aryl methyl sites for hydroxylation is 1. The first-order chi connectivity index (χ1) is 9.38. The molecule has 20 heavy (non-hydrogen) atoms. The monoisotopic (exact) mass is 274 g/mol. The number of benzene rings is 1. The maximum Gasteiger partial charge on any atom is 0.214 e. The molecule has 0 aliphatic heterocycles. The molecule has 0 bridgehead atoms. The fourth-order valence-electron chi connectivity index (χ4n) is 2.13. The molecule has 0 radical (unpaired) electrons. The molecule has 0 spiro atoms. The van der Waals surface area contributed by atoms with Crippen LogP contribution in [0.2, 0.25) is 0 Å². The second-order valence-electron chi connectivity index (χ2n) is 5.32. The summed E-state index contributed by atoms with van der Waals surface area (Å²) in [5.74, 6) is -0.0604. The maximum atomic E-state index is 14.3. The number of allylic oxidation sites excluding steroid dienone is 1. The SMILES string of the molecule is CC(=CC(C)C)C(=N)Oc1ccc2[nH]c(C)cc2c1F. The first-order valence-corrected chi connectivity index (χ1v) is 6.61. The minimum Gasteiger partial charge on any atom is -0.436 e. The third-order valence-corrected chi connectivity index (χ3v) is 2.99. The molecule has 106 valence electrons. The zero-order chi connectivity index (χ0) is 14.9. The predicted octanol–water partition coefficient (Wildman–Crippen LogP) is 4.57. The van der Waals surface area contributed by atoms with Gasteiger partial charge in [-0.3, -0.25) is 5.41 Å². The summed E-state index contributed by atoms with van der Waals surface area (Å²) in [6.07, 6.45) is 1.92. The number of aromatic amines is 1. The molecule has 3 nitrogen and oxygen atoms in total. The highest BCUT2D eigenvalue weighted by molar-refractivity contribution is 5.93. The summed E-state index contributed by atoms with van der Waals surface area (Å²) >= 11 is 0. The van der Waals surface area contributed by atoms with Crippen molar-refractivity contribution in [3.05, 3.63) is 41.4 Å². The van der Waals surface area contributed by atoms with Crippen molar-refractivity contribution in [2.24, 2.45) is 5.92 Å². The van der Waals surface area contributed by atoms with Crippen LogP contribution >= 0.6 is 0 Å². The second kappa shape index (κ2) is 5.49. The normalized spacial score (nSPS) is 12.2. The van der Waals surface area contributed by atoms with Crippen molar-refractivity contribution in [1.82, 2.24) is 4.98 Å². The summed E-state index contributed by atoms with van der Waals surface area (Å²) in [6, 6.07) is 5.04. The molecule has 0 fully saturated rings. The molecule has 2 N–H and O–H groups in total. The molecule has 0 aliphatic rings. The van der Waals surface area contributed by atoms with Crippen LogP contribution in [-0.2, 0) is 0 Å². The van der Waals surface area contributed by atoms with Crippen molar-refractivity contribution in [2.75, 3.05) is 0 Å². The minimum absolute atomic E-state index is 0.0239. The largest absolute Gasteiger partial charge is 0.436 e. The molecule has 0 saturated carbocycles. The molecule has 0 atom stereocenters. The molecule has 0 amide bonds.